The van der Waals surface area contributed by atoms with Crippen LogP contribution in [0.4, 0.5) is 0 Å². The van der Waals surface area contributed by atoms with Crippen molar-refractivity contribution in [1.82, 2.24) is 9.88 Å². The SMILES string of the molecule is COC(C)c1cc(SC)ccc1CNC(=O)c1cc2ccc(Cl)cc2n1C. The van der Waals surface area contributed by atoms with Crippen LogP contribution in [-0.2, 0) is 18.3 Å². The molecule has 1 unspecified atom stereocenters. The van der Waals surface area contributed by atoms with Gasteiger partial charge in [0.15, 0.2) is 0 Å². The smallest absolute Gasteiger partial charge is 0.268 e. The Morgan fingerprint density at radius 3 is 2.74 bits per heavy atom. The van der Waals surface area contributed by atoms with E-state index in [4.69, 9.17) is 16.3 Å². The lowest BCUT2D eigenvalue weighted by Crippen LogP contribution is -2.25. The summed E-state index contributed by atoms with van der Waals surface area (Å²) in [6.45, 7) is 2.46. The highest BCUT2D eigenvalue weighted by atomic mass is 35.5. The van der Waals surface area contributed by atoms with E-state index in [0.717, 1.165) is 22.0 Å². The molecule has 27 heavy (non-hydrogen) atoms. The first-order valence-electron chi connectivity index (χ1n) is 8.67. The van der Waals surface area contributed by atoms with Gasteiger partial charge in [-0.2, -0.15) is 0 Å². The summed E-state index contributed by atoms with van der Waals surface area (Å²) in [6.07, 6.45) is 2.01. The predicted molar refractivity (Wildman–Crippen MR) is 113 cm³/mol. The van der Waals surface area contributed by atoms with Gasteiger partial charge in [0.05, 0.1) is 6.10 Å². The van der Waals surface area contributed by atoms with Crippen molar-refractivity contribution in [2.75, 3.05) is 13.4 Å². The van der Waals surface area contributed by atoms with Gasteiger partial charge in [-0.25, -0.2) is 0 Å². The zero-order valence-corrected chi connectivity index (χ0v) is 17.4. The number of hydrogen-bond donors (Lipinski definition) is 1. The third-order valence-corrected chi connectivity index (χ3v) is 5.78. The number of nitrogens with zero attached hydrogens (tertiary/aromatic N) is 1. The number of ether oxygens (including phenoxy) is 1. The number of rotatable bonds is 6. The van der Waals surface area contributed by atoms with Crippen molar-refractivity contribution < 1.29 is 9.53 Å². The Labute approximate surface area is 168 Å². The first-order valence-corrected chi connectivity index (χ1v) is 10.3. The molecule has 0 spiro atoms. The summed E-state index contributed by atoms with van der Waals surface area (Å²) in [5.41, 5.74) is 3.69. The molecule has 0 fully saturated rings. The van der Waals surface area contributed by atoms with Crippen LogP contribution in [0.2, 0.25) is 5.02 Å². The molecular formula is C21H23ClN2O2S. The van der Waals surface area contributed by atoms with Gasteiger partial charge < -0.3 is 14.6 Å². The van der Waals surface area contributed by atoms with E-state index in [9.17, 15) is 4.79 Å². The molecule has 3 aromatic rings. The second-order valence-electron chi connectivity index (χ2n) is 6.42. The Bertz CT molecular complexity index is 984. The van der Waals surface area contributed by atoms with Crippen LogP contribution in [0.15, 0.2) is 47.4 Å². The zero-order chi connectivity index (χ0) is 19.6. The molecule has 1 atom stereocenters. The number of halogens is 1. The molecule has 1 amide bonds. The molecule has 0 aliphatic carbocycles. The summed E-state index contributed by atoms with van der Waals surface area (Å²) in [4.78, 5) is 13.9. The van der Waals surface area contributed by atoms with Gasteiger partial charge in [-0.1, -0.05) is 23.7 Å². The third kappa shape index (κ3) is 4.15. The van der Waals surface area contributed by atoms with Gasteiger partial charge in [0.1, 0.15) is 5.69 Å². The normalized spacial score (nSPS) is 12.3. The van der Waals surface area contributed by atoms with Gasteiger partial charge in [-0.3, -0.25) is 4.79 Å². The van der Waals surface area contributed by atoms with Gasteiger partial charge >= 0.3 is 0 Å². The van der Waals surface area contributed by atoms with E-state index in [1.54, 1.807) is 18.9 Å². The second-order valence-corrected chi connectivity index (χ2v) is 7.73. The Kier molecular flexibility index (Phi) is 6.15. The second kappa shape index (κ2) is 8.38. The van der Waals surface area contributed by atoms with E-state index in [1.807, 2.05) is 49.1 Å². The van der Waals surface area contributed by atoms with E-state index < -0.39 is 0 Å². The van der Waals surface area contributed by atoms with E-state index >= 15 is 0 Å². The Morgan fingerprint density at radius 1 is 1.26 bits per heavy atom. The van der Waals surface area contributed by atoms with E-state index in [-0.39, 0.29) is 12.0 Å². The zero-order valence-electron chi connectivity index (χ0n) is 15.9. The van der Waals surface area contributed by atoms with Crippen LogP contribution in [0.25, 0.3) is 10.9 Å². The molecule has 0 radical (unpaired) electrons. The number of hydrogen-bond acceptors (Lipinski definition) is 3. The number of amides is 1. The molecule has 0 aliphatic heterocycles. The van der Waals surface area contributed by atoms with Gasteiger partial charge in [0.2, 0.25) is 0 Å². The quantitative estimate of drug-likeness (QED) is 0.577. The molecular weight excluding hydrogens is 380 g/mol. The predicted octanol–water partition coefficient (Wildman–Crippen LogP) is 5.19. The Balaban J connectivity index is 1.83. The highest BCUT2D eigenvalue weighted by Crippen LogP contribution is 2.26. The first kappa shape index (κ1) is 19.8. The monoisotopic (exact) mass is 402 g/mol. The fraction of sp³-hybridized carbons (Fsp3) is 0.286. The largest absolute Gasteiger partial charge is 0.377 e. The van der Waals surface area contributed by atoms with Crippen LogP contribution >= 0.6 is 23.4 Å². The number of carbonyl (C=O) groups is 1. The van der Waals surface area contributed by atoms with E-state index in [2.05, 4.69) is 23.5 Å². The van der Waals surface area contributed by atoms with Crippen LogP contribution < -0.4 is 5.32 Å². The van der Waals surface area contributed by atoms with Crippen molar-refractivity contribution in [3.05, 3.63) is 64.3 Å². The molecule has 1 aromatic heterocycles. The van der Waals surface area contributed by atoms with E-state index in [0.29, 0.717) is 17.3 Å². The first-order chi connectivity index (χ1) is 12.9. The minimum atomic E-state index is -0.116. The van der Waals surface area contributed by atoms with Crippen molar-refractivity contribution in [3.8, 4) is 0 Å². The lowest BCUT2D eigenvalue weighted by molar-refractivity contribution is 0.0941. The summed E-state index contributed by atoms with van der Waals surface area (Å²) in [5.74, 6) is -0.116. The highest BCUT2D eigenvalue weighted by Gasteiger charge is 2.16. The summed E-state index contributed by atoms with van der Waals surface area (Å²) in [5, 5.41) is 4.68. The lowest BCUT2D eigenvalue weighted by atomic mass is 10.0. The number of aromatic nitrogens is 1. The van der Waals surface area contributed by atoms with Crippen LogP contribution in [-0.4, -0.2) is 23.8 Å². The topological polar surface area (TPSA) is 43.3 Å². The van der Waals surface area contributed by atoms with Crippen molar-refractivity contribution in [1.29, 1.82) is 0 Å². The molecule has 1 heterocycles. The summed E-state index contributed by atoms with van der Waals surface area (Å²) < 4.78 is 7.37. The van der Waals surface area contributed by atoms with Crippen molar-refractivity contribution in [3.63, 3.8) is 0 Å². The molecule has 0 saturated carbocycles. The average Bonchev–Trinajstić information content (AvgIpc) is 3.01. The number of benzene rings is 2. The number of aryl methyl sites for hydroxylation is 1. The Morgan fingerprint density at radius 2 is 2.04 bits per heavy atom. The number of fused-ring (bicyclic) bond motifs is 1. The molecule has 3 rings (SSSR count). The van der Waals surface area contributed by atoms with Crippen LogP contribution in [0.1, 0.15) is 34.6 Å². The molecule has 0 aliphatic rings. The summed E-state index contributed by atoms with van der Waals surface area (Å²) >= 11 is 7.77. The van der Waals surface area contributed by atoms with Gasteiger partial charge in [-0.05, 0) is 54.6 Å². The summed E-state index contributed by atoms with van der Waals surface area (Å²) in [7, 11) is 3.57. The number of thioether (sulfide) groups is 1. The van der Waals surface area contributed by atoms with Gasteiger partial charge in [0, 0.05) is 41.5 Å². The maximum atomic E-state index is 12.8. The molecule has 6 heteroatoms. The molecule has 1 N–H and O–H groups in total. The van der Waals surface area contributed by atoms with Crippen molar-refractivity contribution in [2.24, 2.45) is 7.05 Å². The lowest BCUT2D eigenvalue weighted by Gasteiger charge is -2.17. The van der Waals surface area contributed by atoms with Gasteiger partial charge in [0.25, 0.3) is 5.91 Å². The molecule has 142 valence electrons. The maximum absolute atomic E-state index is 12.8. The number of nitrogens with one attached hydrogen (secondary N) is 1. The summed E-state index contributed by atoms with van der Waals surface area (Å²) in [6, 6.07) is 13.8. The minimum Gasteiger partial charge on any atom is -0.377 e. The van der Waals surface area contributed by atoms with Crippen molar-refractivity contribution in [2.45, 2.75) is 24.5 Å². The Hall–Kier alpha value is -1.95. The number of methoxy groups -OCH3 is 1. The number of carbonyl (C=O) groups excluding carboxylic acids is 1. The highest BCUT2D eigenvalue weighted by molar-refractivity contribution is 7.98. The van der Waals surface area contributed by atoms with Crippen LogP contribution in [0.5, 0.6) is 0 Å². The standard InChI is InChI=1S/C21H23ClN2O2S/c1-13(26-3)18-11-17(27-4)8-6-15(18)12-23-21(25)20-9-14-5-7-16(22)10-19(14)24(20)2/h5-11,13H,12H2,1-4H3,(H,23,25). The fourth-order valence-electron chi connectivity index (χ4n) is 3.15. The minimum absolute atomic E-state index is 0.0382. The third-order valence-electron chi connectivity index (χ3n) is 4.82. The molecule has 0 bridgehead atoms. The van der Waals surface area contributed by atoms with E-state index in [1.165, 1.54) is 4.90 Å². The molecule has 0 saturated heterocycles. The van der Waals surface area contributed by atoms with Crippen LogP contribution in [0, 0.1) is 0 Å². The molecule has 2 aromatic carbocycles. The van der Waals surface area contributed by atoms with Gasteiger partial charge in [-0.15, -0.1) is 11.8 Å². The maximum Gasteiger partial charge on any atom is 0.268 e. The van der Waals surface area contributed by atoms with Crippen LogP contribution in [0.3, 0.4) is 0 Å². The average molecular weight is 403 g/mol. The molecule has 4 nitrogen and oxygen atoms in total. The van der Waals surface area contributed by atoms with Crippen molar-refractivity contribution >= 4 is 40.2 Å². The fourth-order valence-corrected chi connectivity index (χ4v) is 3.77.